The van der Waals surface area contributed by atoms with E-state index in [0.717, 1.165) is 10.3 Å². The number of rotatable bonds is 2. The van der Waals surface area contributed by atoms with Crippen LogP contribution in [0.5, 0.6) is 0 Å². The van der Waals surface area contributed by atoms with Crippen LogP contribution in [0.2, 0.25) is 0 Å². The number of nitrogens with zero attached hydrogens (tertiary/aromatic N) is 1. The van der Waals surface area contributed by atoms with Crippen LogP contribution in [0.4, 0.5) is 0 Å². The highest BCUT2D eigenvalue weighted by atomic mass is 32.1. The number of aromatic nitrogens is 1. The first-order chi connectivity index (χ1) is 12.7. The van der Waals surface area contributed by atoms with Crippen molar-refractivity contribution in [3.05, 3.63) is 65.9 Å². The van der Waals surface area contributed by atoms with Gasteiger partial charge in [-0.1, -0.05) is 50.2 Å². The molecule has 0 N–H and O–H groups in total. The molecule has 2 heterocycles. The minimum absolute atomic E-state index is 0.148. The molecular formula is C21H19NS. The second-order valence-electron chi connectivity index (χ2n) is 5.90. The lowest BCUT2D eigenvalue weighted by molar-refractivity contribution is 0.852. The van der Waals surface area contributed by atoms with Crippen LogP contribution >= 0.6 is 11.3 Å². The minimum atomic E-state index is -2.29. The third-order valence-electron chi connectivity index (χ3n) is 4.12. The van der Waals surface area contributed by atoms with Crippen molar-refractivity contribution >= 4 is 31.5 Å². The summed E-state index contributed by atoms with van der Waals surface area (Å²) in [6.07, 6.45) is 1.42. The lowest BCUT2D eigenvalue weighted by Gasteiger charge is -2.11. The Labute approximate surface area is 146 Å². The van der Waals surface area contributed by atoms with E-state index >= 15 is 0 Å². The molecule has 0 fully saturated rings. The maximum atomic E-state index is 8.43. The highest BCUT2D eigenvalue weighted by Gasteiger charge is 2.12. The fraction of sp³-hybridized carbons (Fsp3) is 0.190. The summed E-state index contributed by atoms with van der Waals surface area (Å²) in [5.74, 6) is -1.03. The molecule has 2 aromatic carbocycles. The lowest BCUT2D eigenvalue weighted by Crippen LogP contribution is -1.95. The third kappa shape index (κ3) is 2.34. The van der Waals surface area contributed by atoms with Gasteiger partial charge < -0.3 is 0 Å². The maximum absolute atomic E-state index is 8.43. The van der Waals surface area contributed by atoms with E-state index < -0.39 is 12.7 Å². The summed E-state index contributed by atoms with van der Waals surface area (Å²) < 4.78 is 34.1. The molecular weight excluding hydrogens is 298 g/mol. The van der Waals surface area contributed by atoms with Crippen molar-refractivity contribution in [1.82, 2.24) is 4.98 Å². The van der Waals surface area contributed by atoms with Gasteiger partial charge in [0.15, 0.2) is 0 Å². The highest BCUT2D eigenvalue weighted by molar-refractivity contribution is 7.26. The molecule has 0 bridgehead atoms. The van der Waals surface area contributed by atoms with Gasteiger partial charge >= 0.3 is 0 Å². The van der Waals surface area contributed by atoms with Gasteiger partial charge in [-0.15, -0.1) is 11.3 Å². The zero-order chi connectivity index (χ0) is 19.4. The summed E-state index contributed by atoms with van der Waals surface area (Å²) >= 11 is 1.71. The molecule has 0 unspecified atom stereocenters. The average molecular weight is 321 g/mol. The van der Waals surface area contributed by atoms with E-state index in [4.69, 9.17) is 5.48 Å². The van der Waals surface area contributed by atoms with Gasteiger partial charge in [-0.05, 0) is 36.0 Å². The summed E-state index contributed by atoms with van der Waals surface area (Å²) in [5.41, 5.74) is 2.31. The van der Waals surface area contributed by atoms with Crippen LogP contribution in [0.15, 0.2) is 54.7 Å². The second kappa shape index (κ2) is 5.47. The topological polar surface area (TPSA) is 12.9 Å². The van der Waals surface area contributed by atoms with E-state index in [1.807, 2.05) is 24.3 Å². The largest absolute Gasteiger partial charge is 0.256 e. The molecule has 2 heteroatoms. The predicted octanol–water partition coefficient (Wildman–Crippen LogP) is 6.55. The third-order valence-corrected chi connectivity index (χ3v) is 5.34. The zero-order valence-corrected chi connectivity index (χ0v) is 13.9. The second-order valence-corrected chi connectivity index (χ2v) is 6.95. The number of fused-ring (bicyclic) bond motifs is 3. The van der Waals surface area contributed by atoms with Crippen molar-refractivity contribution in [2.45, 2.75) is 26.6 Å². The van der Waals surface area contributed by atoms with Crippen LogP contribution < -0.4 is 0 Å². The quantitative estimate of drug-likeness (QED) is 0.408. The number of benzene rings is 2. The lowest BCUT2D eigenvalue weighted by atomic mass is 9.97. The van der Waals surface area contributed by atoms with Crippen LogP contribution in [-0.2, 0) is 0 Å². The molecule has 2 aromatic heterocycles. The van der Waals surface area contributed by atoms with Crippen molar-refractivity contribution in [1.29, 1.82) is 0 Å². The van der Waals surface area contributed by atoms with Crippen molar-refractivity contribution in [2.24, 2.45) is 0 Å². The number of thiophene rings is 1. The number of pyridine rings is 1. The standard InChI is InChI=1S/C21H19NS/c1-13(2)18-11-19(22-12-14(18)3)17-9-6-8-16-15-7-4-5-10-20(15)23-21(16)17/h4-13H,1-3H3/i3D3,13D. The molecule has 4 aromatic rings. The molecule has 114 valence electrons. The van der Waals surface area contributed by atoms with E-state index in [9.17, 15) is 0 Å². The van der Waals surface area contributed by atoms with Gasteiger partial charge in [0.05, 0.1) is 5.69 Å². The summed E-state index contributed by atoms with van der Waals surface area (Å²) in [6, 6.07) is 16.2. The Balaban J connectivity index is 1.99. The smallest absolute Gasteiger partial charge is 0.0719 e. The van der Waals surface area contributed by atoms with Crippen molar-refractivity contribution in [3.63, 3.8) is 0 Å². The Morgan fingerprint density at radius 3 is 2.74 bits per heavy atom. The van der Waals surface area contributed by atoms with Crippen molar-refractivity contribution in [3.8, 4) is 11.3 Å². The van der Waals surface area contributed by atoms with Crippen LogP contribution in [-0.4, -0.2) is 4.98 Å². The van der Waals surface area contributed by atoms with Crippen molar-refractivity contribution in [2.75, 3.05) is 0 Å². The average Bonchev–Trinajstić information content (AvgIpc) is 2.98. The number of hydrogen-bond acceptors (Lipinski definition) is 2. The molecule has 0 saturated carbocycles. The molecule has 0 aliphatic heterocycles. The molecule has 0 aliphatic carbocycles. The van der Waals surface area contributed by atoms with Crippen LogP contribution in [0.25, 0.3) is 31.4 Å². The molecule has 1 nitrogen and oxygen atoms in total. The molecule has 0 amide bonds. The first-order valence-electron chi connectivity index (χ1n) is 9.58. The summed E-state index contributed by atoms with van der Waals surface area (Å²) in [6.45, 7) is 1.13. The number of aryl methyl sites for hydroxylation is 1. The Bertz CT molecular complexity index is 1150. The van der Waals surface area contributed by atoms with Gasteiger partial charge in [0, 0.05) is 37.4 Å². The zero-order valence-electron chi connectivity index (χ0n) is 17.1. The first-order valence-corrected chi connectivity index (χ1v) is 8.39. The summed E-state index contributed by atoms with van der Waals surface area (Å²) in [5, 5.41) is 2.38. The fourth-order valence-electron chi connectivity index (χ4n) is 2.97. The normalized spacial score (nSPS) is 15.2. The van der Waals surface area contributed by atoms with Crippen LogP contribution in [0.1, 0.15) is 36.4 Å². The van der Waals surface area contributed by atoms with Crippen LogP contribution in [0.3, 0.4) is 0 Å². The Morgan fingerprint density at radius 1 is 1.09 bits per heavy atom. The Hall–Kier alpha value is -2.19. The summed E-state index contributed by atoms with van der Waals surface area (Å²) in [4.78, 5) is 4.47. The SMILES string of the molecule is [2H]C([2H])([2H])c1cnc(-c2cccc3c2sc2ccccc23)cc1C([2H])(C)C. The van der Waals surface area contributed by atoms with Gasteiger partial charge in [-0.2, -0.15) is 0 Å². The van der Waals surface area contributed by atoms with E-state index in [-0.39, 0.29) is 5.56 Å². The molecule has 0 spiro atoms. The number of hydrogen-bond donors (Lipinski definition) is 0. The van der Waals surface area contributed by atoms with E-state index in [1.54, 1.807) is 31.3 Å². The first kappa shape index (κ1) is 10.6. The van der Waals surface area contributed by atoms with Gasteiger partial charge in [-0.25, -0.2) is 0 Å². The maximum Gasteiger partial charge on any atom is 0.0719 e. The van der Waals surface area contributed by atoms with E-state index in [1.165, 1.54) is 21.7 Å². The molecule has 0 atom stereocenters. The molecule has 0 aliphatic rings. The Morgan fingerprint density at radius 2 is 1.91 bits per heavy atom. The van der Waals surface area contributed by atoms with Gasteiger partial charge in [0.25, 0.3) is 0 Å². The van der Waals surface area contributed by atoms with E-state index in [0.29, 0.717) is 11.3 Å². The molecule has 0 radical (unpaired) electrons. The minimum Gasteiger partial charge on any atom is -0.256 e. The highest BCUT2D eigenvalue weighted by Crippen LogP contribution is 2.39. The Kier molecular flexibility index (Phi) is 2.51. The molecule has 4 rings (SSSR count). The van der Waals surface area contributed by atoms with Gasteiger partial charge in [0.2, 0.25) is 0 Å². The molecule has 0 saturated heterocycles. The van der Waals surface area contributed by atoms with Gasteiger partial charge in [-0.3, -0.25) is 4.98 Å². The molecule has 23 heavy (non-hydrogen) atoms. The monoisotopic (exact) mass is 321 g/mol. The fourth-order valence-corrected chi connectivity index (χ4v) is 4.19. The van der Waals surface area contributed by atoms with Gasteiger partial charge in [0.1, 0.15) is 0 Å². The van der Waals surface area contributed by atoms with Crippen LogP contribution in [0, 0.1) is 6.85 Å². The van der Waals surface area contributed by atoms with E-state index in [2.05, 4.69) is 23.2 Å². The summed E-state index contributed by atoms with van der Waals surface area (Å²) in [7, 11) is 0. The predicted molar refractivity (Wildman–Crippen MR) is 101 cm³/mol. The van der Waals surface area contributed by atoms with Crippen molar-refractivity contribution < 1.29 is 5.48 Å².